The summed E-state index contributed by atoms with van der Waals surface area (Å²) in [7, 11) is 0. The molecule has 4 aliphatic rings. The maximum atomic E-state index is 13.6. The van der Waals surface area contributed by atoms with E-state index in [0.717, 1.165) is 37.3 Å². The number of imide groups is 1. The Labute approximate surface area is 265 Å². The molecule has 3 aromatic rings. The van der Waals surface area contributed by atoms with E-state index >= 15 is 0 Å². The van der Waals surface area contributed by atoms with Gasteiger partial charge >= 0.3 is 10.8 Å². The third-order valence-electron chi connectivity index (χ3n) is 9.37. The first-order valence-electron chi connectivity index (χ1n) is 14.4. The second kappa shape index (κ2) is 11.1. The predicted octanol–water partition coefficient (Wildman–Crippen LogP) is 4.36. The number of carboxylic acid groups (broad SMARTS) is 1. The highest BCUT2D eigenvalue weighted by molar-refractivity contribution is 8.00. The number of thioether (sulfide) groups is 1. The Morgan fingerprint density at radius 1 is 1.09 bits per heavy atom. The van der Waals surface area contributed by atoms with Gasteiger partial charge in [0, 0.05) is 38.9 Å². The summed E-state index contributed by atoms with van der Waals surface area (Å²) in [6.07, 6.45) is 0.392. The van der Waals surface area contributed by atoms with Gasteiger partial charge in [0.1, 0.15) is 5.75 Å². The quantitative estimate of drug-likeness (QED) is 0.304. The van der Waals surface area contributed by atoms with Gasteiger partial charge in [-0.2, -0.15) is 0 Å². The minimum absolute atomic E-state index is 0.0585. The van der Waals surface area contributed by atoms with Gasteiger partial charge in [-0.3, -0.25) is 28.9 Å². The summed E-state index contributed by atoms with van der Waals surface area (Å²) in [5.41, 5.74) is 2.44. The van der Waals surface area contributed by atoms with Gasteiger partial charge in [0.05, 0.1) is 23.3 Å². The third kappa shape index (κ3) is 4.83. The van der Waals surface area contributed by atoms with Gasteiger partial charge in [0.25, 0.3) is 5.91 Å². The normalized spacial score (nSPS) is 28.0. The number of H-pyrrole nitrogens is 1. The van der Waals surface area contributed by atoms with Crippen LogP contribution in [0.5, 0.6) is 5.75 Å². The number of halogens is 1. The molecule has 6 unspecified atom stereocenters. The number of fused-ring (bicyclic) bond motifs is 9. The fourth-order valence-electron chi connectivity index (χ4n) is 7.73. The van der Waals surface area contributed by atoms with Crippen LogP contribution < -0.4 is 14.9 Å². The van der Waals surface area contributed by atoms with E-state index in [-0.39, 0.29) is 71.1 Å². The topological polar surface area (TPSA) is 146 Å². The first kappa shape index (κ1) is 29.1. The SMILES string of the molecule is Cc1ccc(NC(=O)COc2ccc(Cl)cc2[C@H]2c3sc(=O)[nH]c3SC3C4CC(C5C(=O)N(CCC(=O)O)C(=O)C45)C32)cc1. The molecule has 2 aromatic carbocycles. The van der Waals surface area contributed by atoms with Crippen LogP contribution in [0.25, 0.3) is 0 Å². The molecule has 3 heterocycles. The van der Waals surface area contributed by atoms with E-state index < -0.39 is 17.8 Å². The predicted molar refractivity (Wildman–Crippen MR) is 164 cm³/mol. The van der Waals surface area contributed by atoms with Crippen LogP contribution in [0.3, 0.4) is 0 Å². The van der Waals surface area contributed by atoms with E-state index in [0.29, 0.717) is 22.9 Å². The van der Waals surface area contributed by atoms with Gasteiger partial charge in [-0.05, 0) is 61.4 Å². The Hall–Kier alpha value is -3.61. The number of amides is 3. The second-order valence-electron chi connectivity index (χ2n) is 11.8. The van der Waals surface area contributed by atoms with E-state index in [9.17, 15) is 29.1 Å². The number of aryl methyl sites for hydroxylation is 1. The number of hydrogen-bond donors (Lipinski definition) is 3. The largest absolute Gasteiger partial charge is 0.483 e. The number of anilines is 1. The fourth-order valence-corrected chi connectivity index (χ4v) is 10.8. The molecule has 13 heteroatoms. The lowest BCUT2D eigenvalue weighted by Gasteiger charge is -2.43. The average molecular weight is 654 g/mol. The van der Waals surface area contributed by atoms with Crippen molar-refractivity contribution in [3.8, 4) is 5.75 Å². The number of likely N-dealkylation sites (tertiary alicyclic amines) is 1. The summed E-state index contributed by atoms with van der Waals surface area (Å²) in [5, 5.41) is 13.1. The molecule has 0 spiro atoms. The Balaban J connectivity index is 1.21. The van der Waals surface area contributed by atoms with E-state index in [1.54, 1.807) is 30.0 Å². The number of rotatable bonds is 8. The fraction of sp³-hybridized carbons (Fsp3) is 0.387. The number of nitrogens with one attached hydrogen (secondary N) is 2. The van der Waals surface area contributed by atoms with Crippen molar-refractivity contribution in [3.63, 3.8) is 0 Å². The highest BCUT2D eigenvalue weighted by Crippen LogP contribution is 2.69. The molecule has 2 saturated carbocycles. The summed E-state index contributed by atoms with van der Waals surface area (Å²) < 4.78 is 6.10. The molecule has 2 aliphatic carbocycles. The van der Waals surface area contributed by atoms with E-state index in [1.165, 1.54) is 0 Å². The number of aliphatic carboxylic acids is 1. The van der Waals surface area contributed by atoms with Crippen molar-refractivity contribution in [1.82, 2.24) is 9.88 Å². The molecule has 7 atom stereocenters. The summed E-state index contributed by atoms with van der Waals surface area (Å²) >= 11 is 9.19. The molecular weight excluding hydrogens is 626 g/mol. The van der Waals surface area contributed by atoms with Gasteiger partial charge in [-0.25, -0.2) is 0 Å². The molecule has 10 nitrogen and oxygen atoms in total. The Morgan fingerprint density at radius 2 is 1.82 bits per heavy atom. The number of nitrogens with zero attached hydrogens (tertiary/aromatic N) is 1. The van der Waals surface area contributed by atoms with Crippen molar-refractivity contribution in [2.24, 2.45) is 29.6 Å². The number of carbonyl (C=O) groups excluding carboxylic acids is 3. The summed E-state index contributed by atoms with van der Waals surface area (Å²) in [6, 6.07) is 12.6. The molecule has 3 fully saturated rings. The van der Waals surface area contributed by atoms with Gasteiger partial charge in [-0.1, -0.05) is 40.6 Å². The molecule has 44 heavy (non-hydrogen) atoms. The van der Waals surface area contributed by atoms with E-state index in [1.807, 2.05) is 31.2 Å². The minimum atomic E-state index is -1.07. The van der Waals surface area contributed by atoms with Gasteiger partial charge < -0.3 is 20.1 Å². The van der Waals surface area contributed by atoms with Crippen LogP contribution in [0.15, 0.2) is 52.3 Å². The highest BCUT2D eigenvalue weighted by Gasteiger charge is 2.69. The van der Waals surface area contributed by atoms with Crippen molar-refractivity contribution < 1.29 is 29.0 Å². The van der Waals surface area contributed by atoms with Crippen LogP contribution >= 0.6 is 34.7 Å². The average Bonchev–Trinajstić information content (AvgIpc) is 3.71. The molecule has 2 aliphatic heterocycles. The lowest BCUT2D eigenvalue weighted by atomic mass is 9.68. The summed E-state index contributed by atoms with van der Waals surface area (Å²) in [6.45, 7) is 1.57. The molecular formula is C31H28ClN3O7S2. The number of hydrogen-bond acceptors (Lipinski definition) is 8. The number of aromatic nitrogens is 1. The molecule has 2 bridgehead atoms. The van der Waals surface area contributed by atoms with Gasteiger partial charge in [-0.15, -0.1) is 11.8 Å². The van der Waals surface area contributed by atoms with Crippen LogP contribution in [0.2, 0.25) is 5.02 Å². The molecule has 228 valence electrons. The number of carboxylic acids is 1. The van der Waals surface area contributed by atoms with E-state index in [2.05, 4.69) is 10.3 Å². The number of benzene rings is 2. The maximum Gasteiger partial charge on any atom is 0.305 e. The zero-order chi connectivity index (χ0) is 30.9. The minimum Gasteiger partial charge on any atom is -0.483 e. The van der Waals surface area contributed by atoms with E-state index in [4.69, 9.17) is 16.3 Å². The third-order valence-corrected chi connectivity index (χ3v) is 12.2. The second-order valence-corrected chi connectivity index (χ2v) is 14.5. The van der Waals surface area contributed by atoms with Crippen molar-refractivity contribution in [1.29, 1.82) is 0 Å². The van der Waals surface area contributed by atoms with Crippen molar-refractivity contribution in [2.45, 2.75) is 36.0 Å². The Morgan fingerprint density at radius 3 is 2.55 bits per heavy atom. The smallest absolute Gasteiger partial charge is 0.305 e. The highest BCUT2D eigenvalue weighted by atomic mass is 35.5. The number of carbonyl (C=O) groups is 4. The van der Waals surface area contributed by atoms with Crippen LogP contribution in [0.4, 0.5) is 5.69 Å². The van der Waals surface area contributed by atoms with Crippen molar-refractivity contribution in [3.05, 3.63) is 73.2 Å². The van der Waals surface area contributed by atoms with Crippen LogP contribution in [-0.4, -0.2) is 57.1 Å². The zero-order valence-electron chi connectivity index (χ0n) is 23.4. The standard InChI is InChI=1S/C31H28ClN3O7S2/c1-13-2-5-15(6-3-13)33-20(36)12-42-19-7-4-14(32)10-16(19)22-23-17-11-18(26(23)43-28-27(22)44-31(41)34-28)25-24(17)29(39)35(30(25)40)9-8-21(37)38/h2-7,10,17-18,22-26H,8-9,11-12H2,1H3,(H,33,36)(H,34,41)(H,37,38)/t17?,18?,22-,23?,24?,25?,26?/m1/s1. The number of aromatic amines is 1. The molecule has 3 N–H and O–H groups in total. The molecule has 0 radical (unpaired) electrons. The zero-order valence-corrected chi connectivity index (χ0v) is 25.8. The van der Waals surface area contributed by atoms with Crippen LogP contribution in [-0.2, 0) is 19.2 Å². The van der Waals surface area contributed by atoms with Crippen molar-refractivity contribution >= 4 is 64.1 Å². The monoisotopic (exact) mass is 653 g/mol. The first-order chi connectivity index (χ1) is 21.1. The van der Waals surface area contributed by atoms with Crippen LogP contribution in [0, 0.1) is 36.5 Å². The lowest BCUT2D eigenvalue weighted by molar-refractivity contribution is -0.142. The molecule has 3 amide bonds. The van der Waals surface area contributed by atoms with Crippen LogP contribution in [0.1, 0.15) is 34.8 Å². The first-order valence-corrected chi connectivity index (χ1v) is 16.4. The molecule has 1 saturated heterocycles. The van der Waals surface area contributed by atoms with Crippen molar-refractivity contribution in [2.75, 3.05) is 18.5 Å². The Kier molecular flexibility index (Phi) is 7.33. The van der Waals surface area contributed by atoms with Gasteiger partial charge in [0.2, 0.25) is 11.8 Å². The molecule has 7 rings (SSSR count). The number of thiazole rings is 1. The summed E-state index contributed by atoms with van der Waals surface area (Å²) in [4.78, 5) is 68.4. The number of ether oxygens (including phenoxy) is 1. The van der Waals surface area contributed by atoms with Gasteiger partial charge in [0.15, 0.2) is 6.61 Å². The Bertz CT molecular complexity index is 1760. The summed E-state index contributed by atoms with van der Waals surface area (Å²) in [5.74, 6) is -3.30. The maximum absolute atomic E-state index is 13.6. The molecule has 1 aromatic heterocycles. The lowest BCUT2D eigenvalue weighted by Crippen LogP contribution is -2.42.